The molecule has 9 heteroatoms. The molecule has 0 saturated carbocycles. The molecule has 0 unspecified atom stereocenters. The minimum Gasteiger partial charge on any atom is -0.494 e. The summed E-state index contributed by atoms with van der Waals surface area (Å²) in [5.41, 5.74) is 1.80. The average molecular weight is 361 g/mol. The molecule has 2 heterocycles. The third kappa shape index (κ3) is 3.31. The highest BCUT2D eigenvalue weighted by molar-refractivity contribution is 5.83. The highest BCUT2D eigenvalue weighted by atomic mass is 19.1. The average Bonchev–Trinajstić information content (AvgIpc) is 3.07. The largest absolute Gasteiger partial charge is 0.494 e. The predicted molar refractivity (Wildman–Crippen MR) is 93.6 cm³/mol. The molecule has 2 N–H and O–H groups in total. The molecule has 0 fully saturated rings. The molecular formula is C17H20FN5O3. The number of ether oxygens (including phenoxy) is 1. The van der Waals surface area contributed by atoms with E-state index in [-0.39, 0.29) is 19.0 Å². The second kappa shape index (κ2) is 7.63. The van der Waals surface area contributed by atoms with Crippen LogP contribution in [0.1, 0.15) is 11.6 Å². The number of imidazole rings is 1. The lowest BCUT2D eigenvalue weighted by Crippen LogP contribution is -2.19. The second-order valence-corrected chi connectivity index (χ2v) is 5.87. The van der Waals surface area contributed by atoms with Crippen molar-refractivity contribution in [2.45, 2.75) is 12.6 Å². The lowest BCUT2D eigenvalue weighted by molar-refractivity contribution is 0.156. The number of nitrogens with zero attached hydrogens (tertiary/aromatic N) is 5. The van der Waals surface area contributed by atoms with E-state index in [2.05, 4.69) is 15.0 Å². The number of aromatic nitrogens is 4. The van der Waals surface area contributed by atoms with E-state index < -0.39 is 11.9 Å². The fraction of sp³-hybridized carbons (Fsp3) is 0.353. The van der Waals surface area contributed by atoms with Crippen molar-refractivity contribution in [3.8, 4) is 5.75 Å². The molecule has 1 aromatic carbocycles. The molecule has 0 spiro atoms. The van der Waals surface area contributed by atoms with Crippen molar-refractivity contribution < 1.29 is 19.3 Å². The molecule has 0 saturated heterocycles. The minimum atomic E-state index is -0.524. The van der Waals surface area contributed by atoms with E-state index in [0.29, 0.717) is 23.5 Å². The van der Waals surface area contributed by atoms with E-state index in [1.54, 1.807) is 16.7 Å². The zero-order valence-electron chi connectivity index (χ0n) is 14.5. The smallest absolute Gasteiger partial charge is 0.165 e. The Bertz CT molecular complexity index is 897. The molecule has 3 rings (SSSR count). The second-order valence-electron chi connectivity index (χ2n) is 5.87. The van der Waals surface area contributed by atoms with E-state index >= 15 is 0 Å². The van der Waals surface area contributed by atoms with Crippen molar-refractivity contribution >= 4 is 17.0 Å². The predicted octanol–water partition coefficient (Wildman–Crippen LogP) is 1.14. The summed E-state index contributed by atoms with van der Waals surface area (Å²) in [5, 5.41) is 18.8. The summed E-state index contributed by atoms with van der Waals surface area (Å²) in [4.78, 5) is 14.6. The Labute approximate surface area is 149 Å². The zero-order valence-corrected chi connectivity index (χ0v) is 14.5. The number of hydrogen-bond acceptors (Lipinski definition) is 7. The van der Waals surface area contributed by atoms with Crippen LogP contribution in [0, 0.1) is 5.82 Å². The van der Waals surface area contributed by atoms with Gasteiger partial charge in [-0.15, -0.1) is 0 Å². The van der Waals surface area contributed by atoms with Gasteiger partial charge in [0.2, 0.25) is 0 Å². The van der Waals surface area contributed by atoms with Gasteiger partial charge in [-0.25, -0.2) is 19.3 Å². The number of rotatable bonds is 7. The first kappa shape index (κ1) is 18.0. The molecule has 0 bridgehead atoms. The number of aliphatic hydroxyl groups excluding tert-OH is 2. The van der Waals surface area contributed by atoms with E-state index in [9.17, 15) is 14.6 Å². The number of anilines is 1. The fourth-order valence-corrected chi connectivity index (χ4v) is 2.78. The third-order valence-corrected chi connectivity index (χ3v) is 4.15. The third-order valence-electron chi connectivity index (χ3n) is 4.15. The van der Waals surface area contributed by atoms with Gasteiger partial charge in [-0.1, -0.05) is 6.07 Å². The molecule has 26 heavy (non-hydrogen) atoms. The Hall–Kier alpha value is -2.78. The van der Waals surface area contributed by atoms with Crippen LogP contribution >= 0.6 is 0 Å². The number of halogens is 1. The van der Waals surface area contributed by atoms with E-state index in [1.165, 1.54) is 25.8 Å². The highest BCUT2D eigenvalue weighted by Gasteiger charge is 2.18. The fourth-order valence-electron chi connectivity index (χ4n) is 2.78. The first-order valence-electron chi connectivity index (χ1n) is 8.01. The Morgan fingerprint density at radius 1 is 1.23 bits per heavy atom. The SMILES string of the molecule is COc1ccc(CN(C)c2ncnc3c2ncn3C(CO)CO)cc1F. The van der Waals surface area contributed by atoms with Crippen molar-refractivity contribution in [1.82, 2.24) is 19.5 Å². The van der Waals surface area contributed by atoms with Crippen LogP contribution in [0.4, 0.5) is 10.2 Å². The van der Waals surface area contributed by atoms with Gasteiger partial charge in [0.1, 0.15) is 6.33 Å². The van der Waals surface area contributed by atoms with Crippen LogP contribution in [0.2, 0.25) is 0 Å². The Kier molecular flexibility index (Phi) is 5.29. The van der Waals surface area contributed by atoms with Crippen molar-refractivity contribution in [3.63, 3.8) is 0 Å². The number of methoxy groups -OCH3 is 1. The van der Waals surface area contributed by atoms with Crippen molar-refractivity contribution in [2.24, 2.45) is 0 Å². The van der Waals surface area contributed by atoms with Crippen LogP contribution in [0.15, 0.2) is 30.9 Å². The van der Waals surface area contributed by atoms with Gasteiger partial charge in [-0.3, -0.25) is 0 Å². The first-order valence-corrected chi connectivity index (χ1v) is 8.01. The summed E-state index contributed by atoms with van der Waals surface area (Å²) in [6.45, 7) is -0.0617. The summed E-state index contributed by atoms with van der Waals surface area (Å²) in [6, 6.07) is 4.25. The Morgan fingerprint density at radius 3 is 2.65 bits per heavy atom. The molecule has 138 valence electrons. The first-order chi connectivity index (χ1) is 12.6. The molecule has 0 aliphatic carbocycles. The summed E-state index contributed by atoms with van der Waals surface area (Å²) < 4.78 is 20.4. The van der Waals surface area contributed by atoms with Crippen LogP contribution in [-0.4, -0.2) is 57.1 Å². The maximum atomic E-state index is 13.9. The monoisotopic (exact) mass is 361 g/mol. The number of hydrogen-bond donors (Lipinski definition) is 2. The summed E-state index contributed by atoms with van der Waals surface area (Å²) in [6.07, 6.45) is 2.91. The van der Waals surface area contributed by atoms with Crippen LogP contribution < -0.4 is 9.64 Å². The van der Waals surface area contributed by atoms with Crippen LogP contribution in [-0.2, 0) is 6.54 Å². The molecule has 8 nitrogen and oxygen atoms in total. The maximum absolute atomic E-state index is 13.9. The zero-order chi connectivity index (χ0) is 18.7. The van der Waals surface area contributed by atoms with Gasteiger partial charge in [-0.2, -0.15) is 0 Å². The highest BCUT2D eigenvalue weighted by Crippen LogP contribution is 2.25. The molecule has 0 aliphatic heterocycles. The quantitative estimate of drug-likeness (QED) is 0.651. The number of aliphatic hydroxyl groups is 2. The van der Waals surface area contributed by atoms with E-state index in [4.69, 9.17) is 4.74 Å². The summed E-state index contributed by atoms with van der Waals surface area (Å²) >= 11 is 0. The van der Waals surface area contributed by atoms with Gasteiger partial charge >= 0.3 is 0 Å². The maximum Gasteiger partial charge on any atom is 0.165 e. The topological polar surface area (TPSA) is 96.5 Å². The molecule has 0 aliphatic rings. The van der Waals surface area contributed by atoms with Gasteiger partial charge in [0.25, 0.3) is 0 Å². The molecule has 0 atom stereocenters. The lowest BCUT2D eigenvalue weighted by atomic mass is 10.2. The minimum absolute atomic E-state index is 0.193. The van der Waals surface area contributed by atoms with Gasteiger partial charge in [0, 0.05) is 13.6 Å². The summed E-state index contributed by atoms with van der Waals surface area (Å²) in [5.74, 6) is 0.336. The van der Waals surface area contributed by atoms with Gasteiger partial charge < -0.3 is 24.4 Å². The molecular weight excluding hydrogens is 341 g/mol. The van der Waals surface area contributed by atoms with Crippen LogP contribution in [0.5, 0.6) is 5.75 Å². The normalized spacial score (nSPS) is 11.3. The summed E-state index contributed by atoms with van der Waals surface area (Å²) in [7, 11) is 3.24. The van der Waals surface area contributed by atoms with Crippen LogP contribution in [0.3, 0.4) is 0 Å². The Balaban J connectivity index is 1.91. The molecule has 0 amide bonds. The van der Waals surface area contributed by atoms with Crippen molar-refractivity contribution in [3.05, 3.63) is 42.2 Å². The van der Waals surface area contributed by atoms with Crippen molar-refractivity contribution in [2.75, 3.05) is 32.3 Å². The van der Waals surface area contributed by atoms with Gasteiger partial charge in [0.05, 0.1) is 32.7 Å². The Morgan fingerprint density at radius 2 is 2.00 bits per heavy atom. The lowest BCUT2D eigenvalue weighted by Gasteiger charge is -2.19. The standard InChI is InChI=1S/C17H20FN5O3/c1-22(6-11-3-4-14(26-2)13(18)5-11)16-15-17(20-9-19-16)23(10-21-15)12(7-24)8-25/h3-5,9-10,12,24-25H,6-8H2,1-2H3. The van der Waals surface area contributed by atoms with Gasteiger partial charge in [0.15, 0.2) is 28.5 Å². The molecule has 3 aromatic rings. The van der Waals surface area contributed by atoms with E-state index in [0.717, 1.165) is 5.56 Å². The number of fused-ring (bicyclic) bond motifs is 1. The number of benzene rings is 1. The molecule has 2 aromatic heterocycles. The van der Waals surface area contributed by atoms with E-state index in [1.807, 2.05) is 11.9 Å². The van der Waals surface area contributed by atoms with Gasteiger partial charge in [-0.05, 0) is 17.7 Å². The van der Waals surface area contributed by atoms with Crippen LogP contribution in [0.25, 0.3) is 11.2 Å². The van der Waals surface area contributed by atoms with Crippen molar-refractivity contribution in [1.29, 1.82) is 0 Å². The molecule has 0 radical (unpaired) electrons.